The number of rotatable bonds is 5. The van der Waals surface area contributed by atoms with Crippen molar-refractivity contribution in [2.45, 2.75) is 25.6 Å². The van der Waals surface area contributed by atoms with Crippen molar-refractivity contribution in [3.05, 3.63) is 65.8 Å². The number of carbonyl (C=O) groups is 1. The van der Waals surface area contributed by atoms with E-state index in [2.05, 4.69) is 20.0 Å². The Morgan fingerprint density at radius 3 is 2.70 bits per heavy atom. The van der Waals surface area contributed by atoms with Crippen LogP contribution in [0.5, 0.6) is 0 Å². The Hall–Kier alpha value is -3.07. The monoisotopic (exact) mass is 416 g/mol. The second kappa shape index (κ2) is 8.35. The van der Waals surface area contributed by atoms with Gasteiger partial charge in [0.25, 0.3) is 0 Å². The molecule has 0 unspecified atom stereocenters. The molecule has 1 saturated heterocycles. The van der Waals surface area contributed by atoms with Gasteiger partial charge < -0.3 is 4.52 Å². The molecular weight excluding hydrogens is 397 g/mol. The Bertz CT molecular complexity index is 1000. The number of halogens is 3. The summed E-state index contributed by atoms with van der Waals surface area (Å²) >= 11 is 0. The second-order valence-corrected chi connectivity index (χ2v) is 7.27. The lowest BCUT2D eigenvalue weighted by Crippen LogP contribution is -2.38. The third kappa shape index (κ3) is 4.56. The Balaban J connectivity index is 1.40. The van der Waals surface area contributed by atoms with Crippen LogP contribution in [0, 0.1) is 5.92 Å². The lowest BCUT2D eigenvalue weighted by atomic mass is 9.90. The van der Waals surface area contributed by atoms with Crippen molar-refractivity contribution in [2.24, 2.45) is 5.92 Å². The van der Waals surface area contributed by atoms with Crippen LogP contribution in [0.1, 0.15) is 34.7 Å². The van der Waals surface area contributed by atoms with Crippen molar-refractivity contribution < 1.29 is 22.5 Å². The number of nitrogens with zero attached hydrogens (tertiary/aromatic N) is 4. The number of hydrogen-bond donors (Lipinski definition) is 0. The highest BCUT2D eigenvalue weighted by atomic mass is 19.4. The van der Waals surface area contributed by atoms with Gasteiger partial charge in [0.15, 0.2) is 5.78 Å². The van der Waals surface area contributed by atoms with Crippen LogP contribution < -0.4 is 0 Å². The summed E-state index contributed by atoms with van der Waals surface area (Å²) in [5.74, 6) is 0.544. The number of hydrogen-bond acceptors (Lipinski definition) is 6. The summed E-state index contributed by atoms with van der Waals surface area (Å²) in [6, 6.07) is 8.13. The predicted octanol–water partition coefficient (Wildman–Crippen LogP) is 4.25. The fraction of sp³-hybridized carbons (Fsp3) is 0.333. The van der Waals surface area contributed by atoms with Crippen molar-refractivity contribution in [1.82, 2.24) is 20.0 Å². The van der Waals surface area contributed by atoms with Crippen LogP contribution in [0.15, 0.2) is 53.3 Å². The first-order valence-corrected chi connectivity index (χ1v) is 9.57. The first-order chi connectivity index (χ1) is 14.4. The van der Waals surface area contributed by atoms with Gasteiger partial charge in [-0.25, -0.2) is 0 Å². The number of Topliss-reactive ketones (excluding diaryl/α,β-unsaturated/α-hetero) is 1. The molecule has 9 heteroatoms. The number of carbonyl (C=O) groups excluding carboxylic acids is 1. The number of aromatic nitrogens is 3. The Morgan fingerprint density at radius 1 is 1.20 bits per heavy atom. The number of benzene rings is 1. The molecule has 0 saturated carbocycles. The van der Waals surface area contributed by atoms with Crippen LogP contribution in [-0.4, -0.2) is 38.9 Å². The normalized spacial score (nSPS) is 17.8. The summed E-state index contributed by atoms with van der Waals surface area (Å²) in [6.07, 6.45) is 0.504. The Kier molecular flexibility index (Phi) is 5.63. The zero-order valence-corrected chi connectivity index (χ0v) is 16.0. The molecule has 30 heavy (non-hydrogen) atoms. The molecule has 0 spiro atoms. The highest BCUT2D eigenvalue weighted by Crippen LogP contribution is 2.30. The van der Waals surface area contributed by atoms with E-state index in [0.717, 1.165) is 31.5 Å². The third-order valence-corrected chi connectivity index (χ3v) is 5.12. The quantitative estimate of drug-likeness (QED) is 0.579. The number of pyridine rings is 1. The molecule has 0 bridgehead atoms. The maximum Gasteiger partial charge on any atom is 0.416 e. The van der Waals surface area contributed by atoms with E-state index in [1.807, 2.05) is 0 Å². The topological polar surface area (TPSA) is 72.1 Å². The fourth-order valence-electron chi connectivity index (χ4n) is 3.59. The third-order valence-electron chi connectivity index (χ3n) is 5.12. The summed E-state index contributed by atoms with van der Waals surface area (Å²) in [5.41, 5.74) is 0.320. The van der Waals surface area contributed by atoms with Gasteiger partial charge in [0, 0.05) is 36.0 Å². The molecular formula is C21H19F3N4O2. The first kappa shape index (κ1) is 20.2. The van der Waals surface area contributed by atoms with E-state index < -0.39 is 11.7 Å². The van der Waals surface area contributed by atoms with Crippen molar-refractivity contribution in [3.8, 4) is 11.4 Å². The van der Waals surface area contributed by atoms with Crippen LogP contribution in [0.3, 0.4) is 0 Å². The van der Waals surface area contributed by atoms with Crippen LogP contribution in [-0.2, 0) is 12.7 Å². The van der Waals surface area contributed by atoms with Crippen LogP contribution in [0.4, 0.5) is 13.2 Å². The molecule has 3 heterocycles. The van der Waals surface area contributed by atoms with Gasteiger partial charge in [-0.3, -0.25) is 14.7 Å². The van der Waals surface area contributed by atoms with E-state index in [1.165, 1.54) is 12.1 Å². The molecule has 156 valence electrons. The zero-order valence-electron chi connectivity index (χ0n) is 16.0. The van der Waals surface area contributed by atoms with E-state index in [1.54, 1.807) is 24.5 Å². The number of alkyl halides is 3. The minimum Gasteiger partial charge on any atom is -0.338 e. The summed E-state index contributed by atoms with van der Waals surface area (Å²) in [7, 11) is 0. The summed E-state index contributed by atoms with van der Waals surface area (Å²) in [6.45, 7) is 1.75. The minimum absolute atomic E-state index is 0.0729. The maximum absolute atomic E-state index is 12.7. The van der Waals surface area contributed by atoms with E-state index in [4.69, 9.17) is 4.52 Å². The molecule has 1 aliphatic rings. The van der Waals surface area contributed by atoms with Gasteiger partial charge >= 0.3 is 6.18 Å². The van der Waals surface area contributed by atoms with Crippen molar-refractivity contribution in [2.75, 3.05) is 13.1 Å². The molecule has 0 amide bonds. The molecule has 4 rings (SSSR count). The van der Waals surface area contributed by atoms with E-state index in [0.29, 0.717) is 30.1 Å². The predicted molar refractivity (Wildman–Crippen MR) is 101 cm³/mol. The average molecular weight is 416 g/mol. The van der Waals surface area contributed by atoms with E-state index >= 15 is 0 Å². The van der Waals surface area contributed by atoms with E-state index in [-0.39, 0.29) is 17.5 Å². The Labute approximate surface area is 170 Å². The molecule has 2 aromatic heterocycles. The SMILES string of the molecule is O=C(c1cccnc1)[C@@H]1CCCN(Cc2nc(-c3ccc(C(F)(F)F)cc3)no2)C1. The van der Waals surface area contributed by atoms with Gasteiger partial charge in [-0.1, -0.05) is 17.3 Å². The van der Waals surface area contributed by atoms with Crippen molar-refractivity contribution >= 4 is 5.78 Å². The molecule has 6 nitrogen and oxygen atoms in total. The summed E-state index contributed by atoms with van der Waals surface area (Å²) in [5, 5.41) is 3.88. The van der Waals surface area contributed by atoms with Crippen molar-refractivity contribution in [3.63, 3.8) is 0 Å². The first-order valence-electron chi connectivity index (χ1n) is 9.57. The van der Waals surface area contributed by atoms with Gasteiger partial charge in [0.1, 0.15) is 0 Å². The van der Waals surface area contributed by atoms with Gasteiger partial charge in [-0.2, -0.15) is 18.2 Å². The standard InChI is InChI=1S/C21H19F3N4O2/c22-21(23,24)17-7-5-14(6-8-17)20-26-18(30-27-20)13-28-10-2-4-16(12-28)19(29)15-3-1-9-25-11-15/h1,3,5-9,11,16H,2,4,10,12-13H2/t16-/m1/s1. The van der Waals surface area contributed by atoms with E-state index in [9.17, 15) is 18.0 Å². The molecule has 0 radical (unpaired) electrons. The number of piperidine rings is 1. The summed E-state index contributed by atoms with van der Waals surface area (Å²) in [4.78, 5) is 23.1. The van der Waals surface area contributed by atoms with Crippen LogP contribution in [0.25, 0.3) is 11.4 Å². The molecule has 1 atom stereocenters. The molecule has 3 aromatic rings. The maximum atomic E-state index is 12.7. The summed E-state index contributed by atoms with van der Waals surface area (Å²) < 4.78 is 43.4. The zero-order chi connectivity index (χ0) is 21.1. The van der Waals surface area contributed by atoms with Gasteiger partial charge in [-0.05, 0) is 43.7 Å². The average Bonchev–Trinajstić information content (AvgIpc) is 3.22. The molecule has 1 aliphatic heterocycles. The van der Waals surface area contributed by atoms with Gasteiger partial charge in [-0.15, -0.1) is 0 Å². The second-order valence-electron chi connectivity index (χ2n) is 7.27. The lowest BCUT2D eigenvalue weighted by molar-refractivity contribution is -0.137. The number of likely N-dealkylation sites (tertiary alicyclic amines) is 1. The molecule has 1 fully saturated rings. The van der Waals surface area contributed by atoms with Crippen LogP contribution in [0.2, 0.25) is 0 Å². The van der Waals surface area contributed by atoms with Crippen molar-refractivity contribution in [1.29, 1.82) is 0 Å². The molecule has 0 aliphatic carbocycles. The smallest absolute Gasteiger partial charge is 0.338 e. The fourth-order valence-corrected chi connectivity index (χ4v) is 3.59. The highest BCUT2D eigenvalue weighted by molar-refractivity contribution is 5.97. The van der Waals surface area contributed by atoms with Gasteiger partial charge in [0.2, 0.25) is 11.7 Å². The Morgan fingerprint density at radius 2 is 2.00 bits per heavy atom. The number of ketones is 1. The van der Waals surface area contributed by atoms with Crippen LogP contribution >= 0.6 is 0 Å². The largest absolute Gasteiger partial charge is 0.416 e. The molecule has 1 aromatic carbocycles. The highest BCUT2D eigenvalue weighted by Gasteiger charge is 2.30. The van der Waals surface area contributed by atoms with Gasteiger partial charge in [0.05, 0.1) is 12.1 Å². The minimum atomic E-state index is -4.39. The lowest BCUT2D eigenvalue weighted by Gasteiger charge is -2.30. The molecule has 0 N–H and O–H groups in total.